The molecule has 3 saturated heterocycles. The van der Waals surface area contributed by atoms with Gasteiger partial charge in [-0.1, -0.05) is 71.1 Å². The van der Waals surface area contributed by atoms with Gasteiger partial charge in [0.15, 0.2) is 25.7 Å². The Kier molecular flexibility index (Phi) is 24.5. The van der Waals surface area contributed by atoms with Crippen LogP contribution in [0, 0.1) is 40.9 Å². The molecule has 1 amide bonds. The fraction of sp³-hybridized carbons (Fsp3) is 0.774. The van der Waals surface area contributed by atoms with E-state index in [9.17, 15) is 33.9 Å². The van der Waals surface area contributed by atoms with Gasteiger partial charge >= 0.3 is 11.9 Å². The molecule has 0 spiro atoms. The lowest BCUT2D eigenvalue weighted by Crippen LogP contribution is -2.61. The largest absolute Gasteiger partial charge is 0.460 e. The van der Waals surface area contributed by atoms with Crippen molar-refractivity contribution in [1.82, 2.24) is 4.90 Å². The number of nitrogens with zero attached hydrogens (tertiary/aromatic N) is 1. The van der Waals surface area contributed by atoms with Crippen LogP contribution in [0.4, 0.5) is 0 Å². The van der Waals surface area contributed by atoms with Crippen molar-refractivity contribution in [2.45, 2.75) is 226 Å². The van der Waals surface area contributed by atoms with Crippen LogP contribution in [-0.4, -0.2) is 155 Å². The number of piperidine rings is 1. The van der Waals surface area contributed by atoms with Crippen LogP contribution >= 0.6 is 0 Å². The SMILES string of the molecule is CO[C@H]1C[C@@H]2CC[C@@H](C)[C@@](O)(O2)C(=O)C(=O)N2CCCC[C@H]2C(=O)O[C@H]([C@H](C)C[C@@H]2CC[C@@H](OC(=O)C3(C)COC(C)(C)OC3)[C@H](OC)C2)CC(=O)C(C)=CC(C)[C@@H](O[Si](C)(C)C)[C@@H](OC)C(=O)[C@H](C)C[C@H](C)C=CC=CC=C1C. The molecule has 1 aliphatic carbocycles. The summed E-state index contributed by atoms with van der Waals surface area (Å²) in [5, 5.41) is 12.1. The quantitative estimate of drug-likeness (QED) is 0.123. The summed E-state index contributed by atoms with van der Waals surface area (Å²) in [5.74, 6) is -8.89. The minimum Gasteiger partial charge on any atom is -0.460 e. The highest BCUT2D eigenvalue weighted by Gasteiger charge is 2.53. The zero-order chi connectivity index (χ0) is 59.5. The number of hydrogen-bond acceptors (Lipinski definition) is 16. The number of aliphatic hydroxyl groups is 1. The second-order valence-corrected chi connectivity index (χ2v) is 30.2. The molecule has 5 rings (SSSR count). The lowest BCUT2D eigenvalue weighted by Gasteiger charge is -2.43. The third-order valence-electron chi connectivity index (χ3n) is 17.2. The van der Waals surface area contributed by atoms with E-state index in [0.717, 1.165) is 5.57 Å². The minimum absolute atomic E-state index is 0.0236. The maximum Gasteiger partial charge on any atom is 0.329 e. The average Bonchev–Trinajstić information content (AvgIpc) is 3.40. The predicted octanol–water partition coefficient (Wildman–Crippen LogP) is 9.38. The third kappa shape index (κ3) is 17.9. The van der Waals surface area contributed by atoms with Crippen LogP contribution in [0.5, 0.6) is 0 Å². The van der Waals surface area contributed by atoms with Gasteiger partial charge in [-0.2, -0.15) is 0 Å². The van der Waals surface area contributed by atoms with Crippen LogP contribution < -0.4 is 0 Å². The number of cyclic esters (lactones) is 1. The molecule has 0 radical (unpaired) electrons. The van der Waals surface area contributed by atoms with Crippen LogP contribution in [-0.2, 0) is 71.1 Å². The summed E-state index contributed by atoms with van der Waals surface area (Å²) < 4.78 is 55.1. The van der Waals surface area contributed by atoms with Gasteiger partial charge in [0.1, 0.15) is 29.8 Å². The molecular weight excluding hydrogens is 1040 g/mol. The second kappa shape index (κ2) is 29.2. The number of ketones is 3. The van der Waals surface area contributed by atoms with E-state index >= 15 is 0 Å². The van der Waals surface area contributed by atoms with Crippen LogP contribution in [0.15, 0.2) is 47.6 Å². The molecule has 80 heavy (non-hydrogen) atoms. The summed E-state index contributed by atoms with van der Waals surface area (Å²) in [6.45, 7) is 25.0. The van der Waals surface area contributed by atoms with E-state index in [-0.39, 0.29) is 61.9 Å². The first-order chi connectivity index (χ1) is 37.5. The molecule has 15 atom stereocenters. The molecule has 4 aliphatic heterocycles. The number of esters is 2. The lowest BCUT2D eigenvalue weighted by atomic mass is 9.78. The van der Waals surface area contributed by atoms with Gasteiger partial charge in [-0.05, 0) is 147 Å². The number of carbonyl (C=O) groups is 6. The molecule has 0 aromatic heterocycles. The van der Waals surface area contributed by atoms with Crippen molar-refractivity contribution in [2.24, 2.45) is 40.9 Å². The summed E-state index contributed by atoms with van der Waals surface area (Å²) in [4.78, 5) is 87.6. The van der Waals surface area contributed by atoms with E-state index in [1.807, 2.05) is 83.8 Å². The Bertz CT molecular complexity index is 2260. The fourth-order valence-electron chi connectivity index (χ4n) is 12.0. The summed E-state index contributed by atoms with van der Waals surface area (Å²) in [5.41, 5.74) is 0.289. The number of rotatable bonds is 10. The number of Topliss-reactive ketones (excluding diaryl/α,β-unsaturated/α-hetero) is 3. The van der Waals surface area contributed by atoms with Crippen molar-refractivity contribution in [1.29, 1.82) is 0 Å². The van der Waals surface area contributed by atoms with E-state index in [1.165, 1.54) is 12.0 Å². The Hall–Kier alpha value is -3.72. The molecule has 17 nitrogen and oxygen atoms in total. The smallest absolute Gasteiger partial charge is 0.329 e. The molecule has 18 heteroatoms. The third-order valence-corrected chi connectivity index (χ3v) is 18.1. The molecule has 452 valence electrons. The van der Waals surface area contributed by atoms with Crippen molar-refractivity contribution in [2.75, 3.05) is 41.1 Å². The zero-order valence-corrected chi connectivity index (χ0v) is 52.2. The van der Waals surface area contributed by atoms with Gasteiger partial charge in [0.05, 0.1) is 37.6 Å². The highest BCUT2D eigenvalue weighted by Crippen LogP contribution is 2.40. The molecule has 5 aliphatic rings. The second-order valence-electron chi connectivity index (χ2n) is 25.7. The van der Waals surface area contributed by atoms with Crippen molar-refractivity contribution in [3.63, 3.8) is 0 Å². The zero-order valence-electron chi connectivity index (χ0n) is 51.2. The highest BCUT2D eigenvalue weighted by atomic mass is 28.4. The minimum atomic E-state index is -2.45. The summed E-state index contributed by atoms with van der Waals surface area (Å²) >= 11 is 0. The van der Waals surface area contributed by atoms with Crippen molar-refractivity contribution < 1.29 is 76.2 Å². The Morgan fingerprint density at radius 2 is 1.52 bits per heavy atom. The van der Waals surface area contributed by atoms with Crippen molar-refractivity contribution >= 4 is 43.5 Å². The molecule has 2 bridgehead atoms. The Morgan fingerprint density at radius 1 is 0.838 bits per heavy atom. The number of amides is 1. The molecule has 0 aromatic rings. The molecule has 4 fully saturated rings. The number of fused-ring (bicyclic) bond motifs is 3. The molecule has 0 aromatic carbocycles. The van der Waals surface area contributed by atoms with E-state index in [2.05, 4.69) is 6.92 Å². The average molecular weight is 1140 g/mol. The van der Waals surface area contributed by atoms with E-state index in [0.29, 0.717) is 69.8 Å². The van der Waals surface area contributed by atoms with Crippen LogP contribution in [0.25, 0.3) is 0 Å². The summed E-state index contributed by atoms with van der Waals surface area (Å²) in [6, 6.07) is -1.17. The van der Waals surface area contributed by atoms with Gasteiger partial charge in [0.25, 0.3) is 11.7 Å². The fourth-order valence-corrected chi connectivity index (χ4v) is 13.1. The van der Waals surface area contributed by atoms with Gasteiger partial charge < -0.3 is 52.3 Å². The van der Waals surface area contributed by atoms with Gasteiger partial charge in [0, 0.05) is 58.5 Å². The Morgan fingerprint density at radius 3 is 2.16 bits per heavy atom. The molecular formula is C62H99NO16Si. The van der Waals surface area contributed by atoms with Gasteiger partial charge in [0.2, 0.25) is 5.79 Å². The normalized spacial score (nSPS) is 35.6. The van der Waals surface area contributed by atoms with E-state index < -0.39 is 115 Å². The maximum absolute atomic E-state index is 14.8. The van der Waals surface area contributed by atoms with E-state index in [4.69, 9.17) is 42.3 Å². The van der Waals surface area contributed by atoms with Crippen molar-refractivity contribution in [3.8, 4) is 0 Å². The van der Waals surface area contributed by atoms with E-state index in [1.54, 1.807) is 48.8 Å². The standard InChI is InChI=1S/C62H99NO16Si/c1-38-22-18-17-19-23-39(2)50(71-11)34-46-27-25-44(7)62(70,78-46)56(66)57(67)63-29-21-20-24-47(63)58(68)76-51(35-48(64)40(3)31-43(6)54(79-80(14,15)16)55(73-13)53(65)42(5)30-38)41(4)32-45-26-28-49(52(33-45)72-12)77-59(69)61(10)36-74-60(8,9)75-37-61/h17-19,22-23,31,38,41-47,49-52,54-55,70H,20-21,24-30,32-37H2,1-16H3/t38-,41-,42-,43?,44-,45+,46+,47+,49-,50+,51+,52-,54-,55+,62-/m1/s1. The maximum atomic E-state index is 14.8. The Labute approximate surface area is 478 Å². The topological polar surface area (TPSA) is 209 Å². The van der Waals surface area contributed by atoms with Gasteiger partial charge in [-0.3, -0.25) is 24.0 Å². The monoisotopic (exact) mass is 1140 g/mol. The first-order valence-electron chi connectivity index (χ1n) is 29.4. The van der Waals surface area contributed by atoms with Crippen LogP contribution in [0.2, 0.25) is 19.6 Å². The molecule has 4 heterocycles. The first-order valence-corrected chi connectivity index (χ1v) is 32.8. The predicted molar refractivity (Wildman–Crippen MR) is 305 cm³/mol. The number of ether oxygens (including phenoxy) is 8. The molecule has 1 saturated carbocycles. The highest BCUT2D eigenvalue weighted by molar-refractivity contribution is 6.69. The van der Waals surface area contributed by atoms with Crippen molar-refractivity contribution in [3.05, 3.63) is 47.6 Å². The number of allylic oxidation sites excluding steroid dienone is 6. The summed E-state index contributed by atoms with van der Waals surface area (Å²) in [7, 11) is 2.38. The van der Waals surface area contributed by atoms with Gasteiger partial charge in [-0.25, -0.2) is 4.79 Å². The number of carbonyl (C=O) groups excluding carboxylic acids is 6. The number of methoxy groups -OCH3 is 3. The van der Waals surface area contributed by atoms with Gasteiger partial charge in [-0.15, -0.1) is 0 Å². The van der Waals surface area contributed by atoms with Crippen LogP contribution in [0.3, 0.4) is 0 Å². The summed E-state index contributed by atoms with van der Waals surface area (Å²) in [6.07, 6.45) is 12.0. The Balaban J connectivity index is 1.48. The van der Waals surface area contributed by atoms with Crippen LogP contribution in [0.1, 0.15) is 146 Å². The number of hydrogen-bond donors (Lipinski definition) is 1. The lowest BCUT2D eigenvalue weighted by molar-refractivity contribution is -0.283. The first kappa shape index (κ1) is 67.1. The molecule has 1 N–H and O–H groups in total. The molecule has 1 unspecified atom stereocenters.